The molecular formula is C8H17NO3. The molecule has 0 fully saturated rings. The molecule has 1 amide bonds. The van der Waals surface area contributed by atoms with Crippen LogP contribution >= 0.6 is 0 Å². The molecule has 0 saturated carbocycles. The Morgan fingerprint density at radius 2 is 2.08 bits per heavy atom. The Balaban J connectivity index is 3.37. The zero-order chi connectivity index (χ0) is 9.61. The van der Waals surface area contributed by atoms with Crippen molar-refractivity contribution < 1.29 is 14.3 Å². The first-order chi connectivity index (χ1) is 5.48. The number of rotatable bonds is 6. The van der Waals surface area contributed by atoms with E-state index >= 15 is 0 Å². The normalized spacial score (nSPS) is 11.6. The van der Waals surface area contributed by atoms with E-state index in [1.807, 2.05) is 13.8 Å². The lowest BCUT2D eigenvalue weighted by molar-refractivity contribution is -0.123. The van der Waals surface area contributed by atoms with Crippen molar-refractivity contribution in [2.24, 2.45) is 5.73 Å². The van der Waals surface area contributed by atoms with E-state index in [0.717, 1.165) is 6.42 Å². The fraction of sp³-hybridized carbons (Fsp3) is 0.875. The number of carbonyl (C=O) groups is 1. The van der Waals surface area contributed by atoms with Gasteiger partial charge in [0.1, 0.15) is 6.61 Å². The van der Waals surface area contributed by atoms with Crippen molar-refractivity contribution in [3.8, 4) is 0 Å². The molecule has 0 aromatic rings. The molecular weight excluding hydrogens is 158 g/mol. The lowest BCUT2D eigenvalue weighted by Crippen LogP contribution is -2.26. The average Bonchev–Trinajstić information content (AvgIpc) is 1.98. The van der Waals surface area contributed by atoms with Crippen molar-refractivity contribution >= 4 is 5.91 Å². The molecule has 4 nitrogen and oxygen atoms in total. The topological polar surface area (TPSA) is 61.6 Å². The number of carbonyl (C=O) groups excluding carboxylic acids is 1. The highest BCUT2D eigenvalue weighted by molar-refractivity contribution is 5.74. The van der Waals surface area contributed by atoms with E-state index in [1.165, 1.54) is 0 Å². The van der Waals surface area contributed by atoms with Crippen molar-refractivity contribution in [1.82, 2.24) is 0 Å². The van der Waals surface area contributed by atoms with Crippen molar-refractivity contribution in [3.63, 3.8) is 0 Å². The second kappa shape index (κ2) is 5.11. The third kappa shape index (κ3) is 6.12. The molecule has 2 N–H and O–H groups in total. The molecule has 12 heavy (non-hydrogen) atoms. The number of ether oxygens (including phenoxy) is 2. The quantitative estimate of drug-likeness (QED) is 0.591. The summed E-state index contributed by atoms with van der Waals surface area (Å²) >= 11 is 0. The molecule has 0 bridgehead atoms. The van der Waals surface area contributed by atoms with Gasteiger partial charge in [0, 0.05) is 13.7 Å². The van der Waals surface area contributed by atoms with E-state index in [4.69, 9.17) is 15.2 Å². The van der Waals surface area contributed by atoms with Crippen LogP contribution in [0.15, 0.2) is 0 Å². The van der Waals surface area contributed by atoms with Crippen LogP contribution in [-0.2, 0) is 14.3 Å². The van der Waals surface area contributed by atoms with E-state index in [0.29, 0.717) is 6.61 Å². The number of hydrogen-bond donors (Lipinski definition) is 1. The van der Waals surface area contributed by atoms with Crippen LogP contribution in [0, 0.1) is 0 Å². The lowest BCUT2D eigenvalue weighted by atomic mass is 10.1. The Kier molecular flexibility index (Phi) is 4.85. The summed E-state index contributed by atoms with van der Waals surface area (Å²) in [7, 11) is 1.65. The Morgan fingerprint density at radius 3 is 2.50 bits per heavy atom. The predicted octanol–water partition coefficient (Wildman–Crippen LogP) is 0.303. The van der Waals surface area contributed by atoms with Crippen LogP contribution in [0.4, 0.5) is 0 Å². The maximum absolute atomic E-state index is 10.3. The van der Waals surface area contributed by atoms with E-state index in [1.54, 1.807) is 7.11 Å². The molecule has 0 atom stereocenters. The third-order valence-electron chi connectivity index (χ3n) is 1.65. The summed E-state index contributed by atoms with van der Waals surface area (Å²) in [5.74, 6) is -0.440. The minimum absolute atomic E-state index is 0.0141. The van der Waals surface area contributed by atoms with Gasteiger partial charge in [-0.2, -0.15) is 0 Å². The lowest BCUT2D eigenvalue weighted by Gasteiger charge is -2.22. The molecule has 0 aromatic heterocycles. The SMILES string of the molecule is COC(C)(C)CCOCC(N)=O. The molecule has 0 aliphatic heterocycles. The van der Waals surface area contributed by atoms with Crippen LogP contribution in [0.2, 0.25) is 0 Å². The summed E-state index contributed by atoms with van der Waals surface area (Å²) in [4.78, 5) is 10.3. The van der Waals surface area contributed by atoms with E-state index < -0.39 is 5.91 Å². The molecule has 0 rings (SSSR count). The monoisotopic (exact) mass is 175 g/mol. The largest absolute Gasteiger partial charge is 0.379 e. The second-order valence-corrected chi connectivity index (χ2v) is 3.23. The smallest absolute Gasteiger partial charge is 0.243 e. The third-order valence-corrected chi connectivity index (χ3v) is 1.65. The van der Waals surface area contributed by atoms with Gasteiger partial charge in [-0.15, -0.1) is 0 Å². The molecule has 72 valence electrons. The highest BCUT2D eigenvalue weighted by atomic mass is 16.5. The number of methoxy groups -OCH3 is 1. The molecule has 0 aliphatic rings. The van der Waals surface area contributed by atoms with Crippen molar-refractivity contribution in [1.29, 1.82) is 0 Å². The number of amides is 1. The minimum atomic E-state index is -0.440. The summed E-state index contributed by atoms with van der Waals surface area (Å²) in [6.07, 6.45) is 0.747. The highest BCUT2D eigenvalue weighted by Crippen LogP contribution is 2.12. The Morgan fingerprint density at radius 1 is 1.50 bits per heavy atom. The van der Waals surface area contributed by atoms with E-state index in [9.17, 15) is 4.79 Å². The Labute approximate surface area is 73.0 Å². The van der Waals surface area contributed by atoms with Gasteiger partial charge < -0.3 is 15.2 Å². The fourth-order valence-corrected chi connectivity index (χ4v) is 0.593. The van der Waals surface area contributed by atoms with Gasteiger partial charge in [-0.25, -0.2) is 0 Å². The van der Waals surface area contributed by atoms with Crippen LogP contribution < -0.4 is 5.73 Å². The maximum Gasteiger partial charge on any atom is 0.243 e. The Hall–Kier alpha value is -0.610. The van der Waals surface area contributed by atoms with Gasteiger partial charge >= 0.3 is 0 Å². The minimum Gasteiger partial charge on any atom is -0.379 e. The van der Waals surface area contributed by atoms with E-state index in [-0.39, 0.29) is 12.2 Å². The standard InChI is InChI=1S/C8H17NO3/c1-8(2,11-3)4-5-12-6-7(9)10/h4-6H2,1-3H3,(H2,9,10). The van der Waals surface area contributed by atoms with Crippen LogP contribution in [0.3, 0.4) is 0 Å². The van der Waals surface area contributed by atoms with Crippen LogP contribution in [0.1, 0.15) is 20.3 Å². The number of hydrogen-bond acceptors (Lipinski definition) is 3. The van der Waals surface area contributed by atoms with Gasteiger partial charge in [-0.05, 0) is 20.3 Å². The van der Waals surface area contributed by atoms with Gasteiger partial charge in [0.15, 0.2) is 0 Å². The van der Waals surface area contributed by atoms with Gasteiger partial charge in [0.25, 0.3) is 0 Å². The summed E-state index contributed by atoms with van der Waals surface area (Å²) in [5.41, 5.74) is 4.68. The average molecular weight is 175 g/mol. The zero-order valence-electron chi connectivity index (χ0n) is 7.92. The van der Waals surface area contributed by atoms with Crippen molar-refractivity contribution in [3.05, 3.63) is 0 Å². The first-order valence-electron chi connectivity index (χ1n) is 3.89. The van der Waals surface area contributed by atoms with Crippen LogP contribution in [0.5, 0.6) is 0 Å². The molecule has 0 unspecified atom stereocenters. The number of nitrogens with two attached hydrogens (primary N) is 1. The molecule has 0 saturated heterocycles. The zero-order valence-corrected chi connectivity index (χ0v) is 7.92. The summed E-state index contributed by atoms with van der Waals surface area (Å²) in [6, 6.07) is 0. The molecule has 0 spiro atoms. The summed E-state index contributed by atoms with van der Waals surface area (Å²) in [6.45, 7) is 4.39. The van der Waals surface area contributed by atoms with Gasteiger partial charge in [0.2, 0.25) is 5.91 Å². The number of primary amides is 1. The van der Waals surface area contributed by atoms with Gasteiger partial charge in [-0.3, -0.25) is 4.79 Å². The fourth-order valence-electron chi connectivity index (χ4n) is 0.593. The molecule has 0 aliphatic carbocycles. The van der Waals surface area contributed by atoms with Crippen LogP contribution in [0.25, 0.3) is 0 Å². The first-order valence-corrected chi connectivity index (χ1v) is 3.89. The maximum atomic E-state index is 10.3. The molecule has 0 heterocycles. The second-order valence-electron chi connectivity index (χ2n) is 3.23. The van der Waals surface area contributed by atoms with Crippen molar-refractivity contribution in [2.75, 3.05) is 20.3 Å². The highest BCUT2D eigenvalue weighted by Gasteiger charge is 2.15. The van der Waals surface area contributed by atoms with Crippen LogP contribution in [-0.4, -0.2) is 31.8 Å². The summed E-state index contributed by atoms with van der Waals surface area (Å²) in [5, 5.41) is 0. The Bertz CT molecular complexity index is 145. The molecule has 0 aromatic carbocycles. The van der Waals surface area contributed by atoms with E-state index in [2.05, 4.69) is 0 Å². The van der Waals surface area contributed by atoms with Gasteiger partial charge in [0.05, 0.1) is 5.60 Å². The van der Waals surface area contributed by atoms with Gasteiger partial charge in [-0.1, -0.05) is 0 Å². The predicted molar refractivity (Wildman–Crippen MR) is 45.7 cm³/mol. The molecule has 0 radical (unpaired) electrons. The first kappa shape index (κ1) is 11.4. The molecule has 4 heteroatoms. The summed E-state index contributed by atoms with van der Waals surface area (Å²) < 4.78 is 10.1. The van der Waals surface area contributed by atoms with Crippen molar-refractivity contribution in [2.45, 2.75) is 25.9 Å².